The Balaban J connectivity index is 1.48. The zero-order chi connectivity index (χ0) is 22.4. The van der Waals surface area contributed by atoms with Crippen LogP contribution in [0.15, 0.2) is 59.1 Å². The van der Waals surface area contributed by atoms with Crippen molar-refractivity contribution in [3.8, 4) is 11.3 Å². The molecule has 3 rings (SSSR count). The molecule has 0 bridgehead atoms. The van der Waals surface area contributed by atoms with E-state index >= 15 is 0 Å². The highest BCUT2D eigenvalue weighted by Gasteiger charge is 2.20. The monoisotopic (exact) mass is 428 g/mol. The number of amides is 1. The van der Waals surface area contributed by atoms with Crippen LogP contribution in [0.1, 0.15) is 30.8 Å². The van der Waals surface area contributed by atoms with E-state index in [1.54, 1.807) is 7.05 Å². The summed E-state index contributed by atoms with van der Waals surface area (Å²) in [7, 11) is 1.64. The van der Waals surface area contributed by atoms with Gasteiger partial charge in [-0.1, -0.05) is 36.4 Å². The summed E-state index contributed by atoms with van der Waals surface area (Å²) in [5.41, 5.74) is 0.653. The lowest BCUT2D eigenvalue weighted by Gasteiger charge is -2.25. The number of aryl methyl sites for hydroxylation is 1. The molecule has 0 saturated heterocycles. The van der Waals surface area contributed by atoms with Crippen molar-refractivity contribution in [3.05, 3.63) is 77.8 Å². The number of halogens is 2. The molecule has 0 radical (unpaired) electrons. The highest BCUT2D eigenvalue weighted by molar-refractivity contribution is 5.80. The van der Waals surface area contributed by atoms with Crippen molar-refractivity contribution in [1.82, 2.24) is 9.88 Å². The lowest BCUT2D eigenvalue weighted by atomic mass is 10.1. The molecule has 0 N–H and O–H groups in total. The van der Waals surface area contributed by atoms with Gasteiger partial charge in [-0.2, -0.15) is 0 Å². The van der Waals surface area contributed by atoms with Gasteiger partial charge in [-0.3, -0.25) is 9.59 Å². The van der Waals surface area contributed by atoms with Crippen LogP contribution in [0.4, 0.5) is 8.78 Å². The van der Waals surface area contributed by atoms with Crippen LogP contribution >= 0.6 is 0 Å². The molecule has 8 heteroatoms. The van der Waals surface area contributed by atoms with Gasteiger partial charge in [0.2, 0.25) is 0 Å². The molecule has 1 unspecified atom stereocenters. The Morgan fingerprint density at radius 3 is 2.45 bits per heavy atom. The Bertz CT molecular complexity index is 1030. The maximum absolute atomic E-state index is 13.8. The van der Waals surface area contributed by atoms with Crippen LogP contribution in [0.25, 0.3) is 11.3 Å². The van der Waals surface area contributed by atoms with E-state index in [-0.39, 0.29) is 48.6 Å². The first-order valence-electron chi connectivity index (χ1n) is 9.72. The minimum atomic E-state index is -0.769. The maximum Gasteiger partial charge on any atom is 0.306 e. The molecule has 1 atom stereocenters. The van der Waals surface area contributed by atoms with E-state index in [2.05, 4.69) is 4.98 Å². The van der Waals surface area contributed by atoms with E-state index < -0.39 is 17.6 Å². The van der Waals surface area contributed by atoms with Crippen LogP contribution in [0, 0.1) is 11.6 Å². The number of rotatable bonds is 8. The predicted octanol–water partition coefficient (Wildman–Crippen LogP) is 4.32. The van der Waals surface area contributed by atoms with E-state index in [9.17, 15) is 18.4 Å². The number of benzene rings is 2. The van der Waals surface area contributed by atoms with Gasteiger partial charge in [-0.05, 0) is 24.6 Å². The van der Waals surface area contributed by atoms with E-state index in [4.69, 9.17) is 9.15 Å². The fourth-order valence-electron chi connectivity index (χ4n) is 2.97. The second kappa shape index (κ2) is 9.97. The molecule has 0 saturated carbocycles. The highest BCUT2D eigenvalue weighted by Crippen LogP contribution is 2.26. The maximum atomic E-state index is 13.8. The number of carbonyl (C=O) groups excluding carboxylic acids is 2. The summed E-state index contributed by atoms with van der Waals surface area (Å²) in [4.78, 5) is 29.7. The molecule has 162 valence electrons. The second-order valence-corrected chi connectivity index (χ2v) is 6.97. The van der Waals surface area contributed by atoms with E-state index in [1.165, 1.54) is 17.2 Å². The third-order valence-electron chi connectivity index (χ3n) is 4.92. The van der Waals surface area contributed by atoms with Crippen molar-refractivity contribution in [2.24, 2.45) is 0 Å². The number of hydrogen-bond donors (Lipinski definition) is 0. The van der Waals surface area contributed by atoms with Crippen molar-refractivity contribution in [3.63, 3.8) is 0 Å². The molecule has 1 aromatic heterocycles. The van der Waals surface area contributed by atoms with Gasteiger partial charge in [0.25, 0.3) is 5.91 Å². The second-order valence-electron chi connectivity index (χ2n) is 6.97. The van der Waals surface area contributed by atoms with Gasteiger partial charge in [0.1, 0.15) is 11.6 Å². The molecule has 0 aliphatic carbocycles. The molecule has 31 heavy (non-hydrogen) atoms. The summed E-state index contributed by atoms with van der Waals surface area (Å²) < 4.78 is 38.1. The molecule has 1 amide bonds. The first kappa shape index (κ1) is 22.1. The van der Waals surface area contributed by atoms with Crippen molar-refractivity contribution in [2.45, 2.75) is 25.8 Å². The number of ether oxygens (including phenoxy) is 1. The summed E-state index contributed by atoms with van der Waals surface area (Å²) in [5.74, 6) is -2.41. The molecule has 0 spiro atoms. The number of carbonyl (C=O) groups is 2. The zero-order valence-corrected chi connectivity index (χ0v) is 17.2. The van der Waals surface area contributed by atoms with E-state index in [1.807, 2.05) is 37.3 Å². The summed E-state index contributed by atoms with van der Waals surface area (Å²) in [5, 5.41) is 0. The first-order valence-corrected chi connectivity index (χ1v) is 9.72. The molecule has 3 aromatic rings. The fourth-order valence-corrected chi connectivity index (χ4v) is 2.97. The fraction of sp³-hybridized carbons (Fsp3) is 0.261. The molecular formula is C23H22F2N2O4. The van der Waals surface area contributed by atoms with Crippen molar-refractivity contribution in [2.75, 3.05) is 13.7 Å². The van der Waals surface area contributed by atoms with Crippen LogP contribution in [0.2, 0.25) is 0 Å². The smallest absolute Gasteiger partial charge is 0.306 e. The molecule has 6 nitrogen and oxygen atoms in total. The van der Waals surface area contributed by atoms with Gasteiger partial charge in [-0.25, -0.2) is 13.8 Å². The highest BCUT2D eigenvalue weighted by atomic mass is 19.1. The number of hydrogen-bond acceptors (Lipinski definition) is 5. The molecule has 0 fully saturated rings. The zero-order valence-electron chi connectivity index (χ0n) is 17.2. The SMILES string of the molecule is CC(c1ccccc1)N(C)C(=O)COC(=O)CCc1ncc(-c2c(F)cccc2F)o1. The summed E-state index contributed by atoms with van der Waals surface area (Å²) in [6, 6.07) is 12.8. The number of oxazole rings is 1. The largest absolute Gasteiger partial charge is 0.456 e. The minimum absolute atomic E-state index is 0.0642. The number of aromatic nitrogens is 1. The minimum Gasteiger partial charge on any atom is -0.456 e. The normalized spacial score (nSPS) is 11.7. The molecular weight excluding hydrogens is 406 g/mol. The summed E-state index contributed by atoms with van der Waals surface area (Å²) in [6.45, 7) is 1.50. The van der Waals surface area contributed by atoms with Crippen LogP contribution in [-0.4, -0.2) is 35.4 Å². The molecule has 0 aliphatic rings. The third kappa shape index (κ3) is 5.53. The Hall–Kier alpha value is -3.55. The van der Waals surface area contributed by atoms with E-state index in [0.717, 1.165) is 17.7 Å². The van der Waals surface area contributed by atoms with Gasteiger partial charge in [0.05, 0.1) is 24.2 Å². The number of likely N-dealkylation sites (N-methyl/N-ethyl adjacent to an activating group) is 1. The van der Waals surface area contributed by atoms with Gasteiger partial charge in [0, 0.05) is 13.5 Å². The Kier molecular flexibility index (Phi) is 7.12. The van der Waals surface area contributed by atoms with Crippen molar-refractivity contribution >= 4 is 11.9 Å². The number of esters is 1. The van der Waals surface area contributed by atoms with Crippen molar-refractivity contribution < 1.29 is 27.5 Å². The van der Waals surface area contributed by atoms with Gasteiger partial charge in [-0.15, -0.1) is 0 Å². The Morgan fingerprint density at radius 1 is 1.10 bits per heavy atom. The van der Waals surface area contributed by atoms with Gasteiger partial charge in [0.15, 0.2) is 18.3 Å². The molecule has 0 aliphatic heterocycles. The summed E-state index contributed by atoms with van der Waals surface area (Å²) >= 11 is 0. The molecule has 1 heterocycles. The predicted molar refractivity (Wildman–Crippen MR) is 109 cm³/mol. The van der Waals surface area contributed by atoms with Gasteiger partial charge >= 0.3 is 5.97 Å². The lowest BCUT2D eigenvalue weighted by molar-refractivity contribution is -0.152. The van der Waals surface area contributed by atoms with Gasteiger partial charge < -0.3 is 14.1 Å². The first-order chi connectivity index (χ1) is 14.9. The van der Waals surface area contributed by atoms with Crippen LogP contribution in [-0.2, 0) is 20.7 Å². The topological polar surface area (TPSA) is 72.6 Å². The quantitative estimate of drug-likeness (QED) is 0.500. The standard InChI is InChI=1S/C23H22F2N2O4/c1-15(16-7-4-3-5-8-16)27(2)21(28)14-30-22(29)12-11-20-26-13-19(31-20)23-17(24)9-6-10-18(23)25/h3-10,13,15H,11-12,14H2,1-2H3. The van der Waals surface area contributed by atoms with Crippen LogP contribution in [0.3, 0.4) is 0 Å². The molecule has 2 aromatic carbocycles. The van der Waals surface area contributed by atoms with Crippen LogP contribution in [0.5, 0.6) is 0 Å². The lowest BCUT2D eigenvalue weighted by Crippen LogP contribution is -2.33. The number of nitrogens with zero attached hydrogens (tertiary/aromatic N) is 2. The average molecular weight is 428 g/mol. The summed E-state index contributed by atoms with van der Waals surface area (Å²) in [6.07, 6.45) is 1.18. The van der Waals surface area contributed by atoms with E-state index in [0.29, 0.717) is 0 Å². The Labute approximate surface area is 178 Å². The Morgan fingerprint density at radius 2 is 1.77 bits per heavy atom. The third-order valence-corrected chi connectivity index (χ3v) is 4.92. The van der Waals surface area contributed by atoms with Crippen molar-refractivity contribution in [1.29, 1.82) is 0 Å². The van der Waals surface area contributed by atoms with Crippen LogP contribution < -0.4 is 0 Å². The average Bonchev–Trinajstić information content (AvgIpc) is 3.24.